The standard InChI is InChI=1S/C28H36N8O/c1-19(2)37-26-16-23(30-18-31-26)21-6-7-22-24(15-21)33-27(32-22)34-25-14-20(8-9-29-25)17-35-10-12-36(13-11-35)28(3,4)5/h6-9,14-16,18-19H,10-13,17H2,1-5H3,(H2,29,32,33,34). The van der Waals surface area contributed by atoms with E-state index in [-0.39, 0.29) is 11.6 Å². The molecule has 9 heteroatoms. The third-order valence-corrected chi connectivity index (χ3v) is 6.57. The van der Waals surface area contributed by atoms with Gasteiger partial charge in [0.2, 0.25) is 11.8 Å². The third-order valence-electron chi connectivity index (χ3n) is 6.57. The number of imidazole rings is 1. The van der Waals surface area contributed by atoms with Crippen molar-refractivity contribution in [2.24, 2.45) is 0 Å². The number of fused-ring (bicyclic) bond motifs is 1. The van der Waals surface area contributed by atoms with Gasteiger partial charge >= 0.3 is 0 Å². The van der Waals surface area contributed by atoms with Crippen LogP contribution in [0, 0.1) is 0 Å². The van der Waals surface area contributed by atoms with Gasteiger partial charge in [0.05, 0.1) is 22.8 Å². The van der Waals surface area contributed by atoms with Crippen LogP contribution in [0.3, 0.4) is 0 Å². The Morgan fingerprint density at radius 2 is 1.81 bits per heavy atom. The van der Waals surface area contributed by atoms with Crippen molar-refractivity contribution in [1.29, 1.82) is 0 Å². The zero-order chi connectivity index (χ0) is 26.0. The summed E-state index contributed by atoms with van der Waals surface area (Å²) in [4.78, 5) is 26.3. The summed E-state index contributed by atoms with van der Waals surface area (Å²) in [5.41, 5.74) is 5.01. The normalized spacial score (nSPS) is 15.4. The summed E-state index contributed by atoms with van der Waals surface area (Å²) in [5, 5.41) is 3.34. The Morgan fingerprint density at radius 1 is 1.00 bits per heavy atom. The Labute approximate surface area is 218 Å². The molecule has 2 N–H and O–H groups in total. The molecule has 4 aromatic rings. The van der Waals surface area contributed by atoms with Crippen molar-refractivity contribution < 1.29 is 4.74 Å². The lowest BCUT2D eigenvalue weighted by molar-refractivity contribution is 0.0591. The minimum Gasteiger partial charge on any atom is -0.475 e. The van der Waals surface area contributed by atoms with Gasteiger partial charge in [-0.3, -0.25) is 9.80 Å². The molecule has 9 nitrogen and oxygen atoms in total. The number of rotatable bonds is 7. The number of piperazine rings is 1. The second kappa shape index (κ2) is 10.4. The first-order chi connectivity index (χ1) is 17.7. The van der Waals surface area contributed by atoms with Crippen molar-refractivity contribution in [1.82, 2.24) is 34.7 Å². The van der Waals surface area contributed by atoms with Crippen LogP contribution in [0.5, 0.6) is 5.88 Å². The number of nitrogens with zero attached hydrogens (tertiary/aromatic N) is 6. The summed E-state index contributed by atoms with van der Waals surface area (Å²) in [6, 6.07) is 12.1. The molecule has 0 radical (unpaired) electrons. The first-order valence-corrected chi connectivity index (χ1v) is 12.9. The monoisotopic (exact) mass is 500 g/mol. The number of anilines is 2. The summed E-state index contributed by atoms with van der Waals surface area (Å²) in [6.07, 6.45) is 3.44. The topological polar surface area (TPSA) is 95.1 Å². The first-order valence-electron chi connectivity index (χ1n) is 12.9. The quantitative estimate of drug-likeness (QED) is 0.371. The fraction of sp³-hybridized carbons (Fsp3) is 0.429. The average Bonchev–Trinajstić information content (AvgIpc) is 3.25. The second-order valence-corrected chi connectivity index (χ2v) is 10.8. The van der Waals surface area contributed by atoms with Crippen molar-refractivity contribution in [3.05, 3.63) is 54.5 Å². The lowest BCUT2D eigenvalue weighted by Gasteiger charge is -2.42. The van der Waals surface area contributed by atoms with Crippen molar-refractivity contribution in [3.63, 3.8) is 0 Å². The van der Waals surface area contributed by atoms with Crippen LogP contribution in [-0.4, -0.2) is 72.5 Å². The predicted molar refractivity (Wildman–Crippen MR) is 147 cm³/mol. The average molecular weight is 501 g/mol. The van der Waals surface area contributed by atoms with Crippen LogP contribution in [-0.2, 0) is 6.54 Å². The third kappa shape index (κ3) is 6.23. The Balaban J connectivity index is 1.26. The van der Waals surface area contributed by atoms with E-state index in [9.17, 15) is 0 Å². The van der Waals surface area contributed by atoms with Crippen LogP contribution in [0.4, 0.5) is 11.8 Å². The summed E-state index contributed by atoms with van der Waals surface area (Å²) >= 11 is 0. The van der Waals surface area contributed by atoms with Gasteiger partial charge in [-0.15, -0.1) is 0 Å². The van der Waals surface area contributed by atoms with Crippen LogP contribution in [0.15, 0.2) is 48.9 Å². The van der Waals surface area contributed by atoms with Crippen LogP contribution in [0.25, 0.3) is 22.3 Å². The molecule has 1 aliphatic rings. The predicted octanol–water partition coefficient (Wildman–Crippen LogP) is 4.86. The lowest BCUT2D eigenvalue weighted by atomic mass is 10.0. The maximum absolute atomic E-state index is 5.72. The summed E-state index contributed by atoms with van der Waals surface area (Å²) < 4.78 is 5.72. The molecule has 0 aliphatic carbocycles. The highest BCUT2D eigenvalue weighted by atomic mass is 16.5. The van der Waals surface area contributed by atoms with Crippen molar-refractivity contribution in [2.45, 2.75) is 52.8 Å². The molecule has 0 unspecified atom stereocenters. The zero-order valence-electron chi connectivity index (χ0n) is 22.3. The van der Waals surface area contributed by atoms with Crippen LogP contribution in [0.2, 0.25) is 0 Å². The van der Waals surface area contributed by atoms with Crippen LogP contribution >= 0.6 is 0 Å². The molecule has 194 valence electrons. The lowest BCUT2D eigenvalue weighted by Crippen LogP contribution is -2.53. The molecule has 0 atom stereocenters. The van der Waals surface area contributed by atoms with E-state index in [1.54, 1.807) is 0 Å². The molecule has 0 bridgehead atoms. The molecule has 1 aliphatic heterocycles. The molecule has 4 heterocycles. The fourth-order valence-electron chi connectivity index (χ4n) is 4.63. The van der Waals surface area contributed by atoms with Crippen molar-refractivity contribution in [2.75, 3.05) is 31.5 Å². The summed E-state index contributed by atoms with van der Waals surface area (Å²) in [7, 11) is 0. The number of ether oxygens (including phenoxy) is 1. The number of nitrogens with one attached hydrogen (secondary N) is 2. The smallest absolute Gasteiger partial charge is 0.217 e. The van der Waals surface area contributed by atoms with Gasteiger partial charge in [0, 0.05) is 56.1 Å². The number of hydrogen-bond donors (Lipinski definition) is 2. The molecular formula is C28H36N8O. The Hall–Kier alpha value is -3.56. The summed E-state index contributed by atoms with van der Waals surface area (Å²) in [5.74, 6) is 1.99. The number of hydrogen-bond acceptors (Lipinski definition) is 8. The van der Waals surface area contributed by atoms with E-state index < -0.39 is 0 Å². The van der Waals surface area contributed by atoms with Crippen LogP contribution in [0.1, 0.15) is 40.2 Å². The van der Waals surface area contributed by atoms with E-state index in [4.69, 9.17) is 9.72 Å². The van der Waals surface area contributed by atoms with Gasteiger partial charge in [-0.2, -0.15) is 0 Å². The highest BCUT2D eigenvalue weighted by Crippen LogP contribution is 2.26. The Bertz CT molecular complexity index is 1350. The molecule has 37 heavy (non-hydrogen) atoms. The number of aromatic amines is 1. The van der Waals surface area contributed by atoms with Crippen molar-refractivity contribution in [3.8, 4) is 17.1 Å². The molecule has 0 saturated carbocycles. The van der Waals surface area contributed by atoms with Gasteiger partial charge < -0.3 is 15.0 Å². The molecule has 0 spiro atoms. The molecule has 1 saturated heterocycles. The van der Waals surface area contributed by atoms with Gasteiger partial charge in [0.15, 0.2) is 0 Å². The van der Waals surface area contributed by atoms with Crippen molar-refractivity contribution >= 4 is 22.8 Å². The molecule has 1 aromatic carbocycles. The maximum atomic E-state index is 5.72. The highest BCUT2D eigenvalue weighted by molar-refractivity contribution is 5.83. The van der Waals surface area contributed by atoms with E-state index in [0.29, 0.717) is 11.8 Å². The van der Waals surface area contributed by atoms with Crippen LogP contribution < -0.4 is 10.1 Å². The van der Waals surface area contributed by atoms with E-state index in [1.165, 1.54) is 11.9 Å². The van der Waals surface area contributed by atoms with Gasteiger partial charge in [-0.05, 0) is 64.4 Å². The molecule has 3 aromatic heterocycles. The fourth-order valence-corrected chi connectivity index (χ4v) is 4.63. The largest absolute Gasteiger partial charge is 0.475 e. The van der Waals surface area contributed by atoms with E-state index in [1.807, 2.05) is 44.3 Å². The molecule has 1 fully saturated rings. The van der Waals surface area contributed by atoms with Gasteiger partial charge in [0.25, 0.3) is 0 Å². The van der Waals surface area contributed by atoms with E-state index in [0.717, 1.165) is 60.8 Å². The first kappa shape index (κ1) is 25.1. The maximum Gasteiger partial charge on any atom is 0.217 e. The Morgan fingerprint density at radius 3 is 2.57 bits per heavy atom. The highest BCUT2D eigenvalue weighted by Gasteiger charge is 2.25. The van der Waals surface area contributed by atoms with Gasteiger partial charge in [0.1, 0.15) is 12.1 Å². The number of aromatic nitrogens is 5. The SMILES string of the molecule is CC(C)Oc1cc(-c2ccc3nc(Nc4cc(CN5CCN(C(C)(C)C)CC5)ccn4)[nH]c3c2)ncn1. The number of pyridine rings is 1. The zero-order valence-corrected chi connectivity index (χ0v) is 22.3. The number of H-pyrrole nitrogens is 1. The minimum absolute atomic E-state index is 0.0530. The second-order valence-electron chi connectivity index (χ2n) is 10.8. The van der Waals surface area contributed by atoms with Gasteiger partial charge in [-0.1, -0.05) is 6.07 Å². The summed E-state index contributed by atoms with van der Waals surface area (Å²) in [6.45, 7) is 16.1. The number of benzene rings is 1. The molecule has 5 rings (SSSR count). The van der Waals surface area contributed by atoms with Gasteiger partial charge in [-0.25, -0.2) is 19.9 Å². The minimum atomic E-state index is 0.0530. The molecule has 0 amide bonds. The van der Waals surface area contributed by atoms with E-state index >= 15 is 0 Å². The molecular weight excluding hydrogens is 464 g/mol. The Kier molecular flexibility index (Phi) is 7.08. The van der Waals surface area contributed by atoms with E-state index in [2.05, 4.69) is 68.0 Å².